The number of benzene rings is 2. The normalized spacial score (nSPS) is 10.8. The molecule has 11 heteroatoms. The number of thioether (sulfide) groups is 1. The summed E-state index contributed by atoms with van der Waals surface area (Å²) in [5.74, 6) is -5.38. The van der Waals surface area contributed by atoms with Gasteiger partial charge in [0.2, 0.25) is 5.91 Å². The van der Waals surface area contributed by atoms with Gasteiger partial charge in [0.1, 0.15) is 0 Å². The van der Waals surface area contributed by atoms with Gasteiger partial charge in [0.05, 0.1) is 6.42 Å². The van der Waals surface area contributed by atoms with Crippen LogP contribution in [0, 0.1) is 0 Å². The lowest BCUT2D eigenvalue weighted by atomic mass is 10.1. The first-order chi connectivity index (χ1) is 13.0. The summed E-state index contributed by atoms with van der Waals surface area (Å²) in [4.78, 5) is 21.2. The van der Waals surface area contributed by atoms with Crippen molar-refractivity contribution < 1.29 is 36.6 Å². The molecular weight excluding hydrogens is 407 g/mol. The van der Waals surface area contributed by atoms with Gasteiger partial charge in [-0.05, 0) is 42.0 Å². The number of hydrogen-bond acceptors (Lipinski definition) is 4. The van der Waals surface area contributed by atoms with E-state index in [0.29, 0.717) is 28.0 Å². The molecule has 0 unspecified atom stereocenters. The fraction of sp³-hybridized carbons (Fsp3) is 0.176. The molecule has 2 rings (SSSR count). The van der Waals surface area contributed by atoms with Crippen molar-refractivity contribution in [2.75, 3.05) is 11.1 Å². The Balaban J connectivity index is 0.000000480. The third-order valence-corrected chi connectivity index (χ3v) is 3.67. The first kappa shape index (κ1) is 23.2. The molecule has 0 atom stereocenters. The number of carbonyl (C=O) groups is 2. The van der Waals surface area contributed by atoms with Gasteiger partial charge in [-0.2, -0.15) is 22.0 Å². The Morgan fingerprint density at radius 1 is 1.04 bits per heavy atom. The monoisotopic (exact) mass is 422 g/mol. The molecule has 0 aliphatic rings. The largest absolute Gasteiger partial charge is 0.490 e. The van der Waals surface area contributed by atoms with Crippen LogP contribution in [0.25, 0.3) is 0 Å². The highest BCUT2D eigenvalue weighted by molar-refractivity contribution is 7.99. The summed E-state index contributed by atoms with van der Waals surface area (Å²) in [5.41, 5.74) is 7.65. The van der Waals surface area contributed by atoms with E-state index in [9.17, 15) is 26.7 Å². The molecule has 0 bridgehead atoms. The second-order valence-electron chi connectivity index (χ2n) is 5.17. The molecule has 4 N–H and O–H groups in total. The Kier molecular flexibility index (Phi) is 8.71. The van der Waals surface area contributed by atoms with Gasteiger partial charge in [0.25, 0.3) is 5.76 Å². The number of aliphatic carboxylic acids is 1. The van der Waals surface area contributed by atoms with Crippen LogP contribution in [0.3, 0.4) is 0 Å². The molecule has 152 valence electrons. The predicted octanol–water partition coefficient (Wildman–Crippen LogP) is 4.40. The molecule has 0 fully saturated rings. The predicted molar refractivity (Wildman–Crippen MR) is 95.2 cm³/mol. The first-order valence-corrected chi connectivity index (χ1v) is 8.34. The van der Waals surface area contributed by atoms with Crippen LogP contribution in [0.5, 0.6) is 0 Å². The molecule has 1 amide bonds. The van der Waals surface area contributed by atoms with Crippen LogP contribution < -0.4 is 11.1 Å². The van der Waals surface area contributed by atoms with E-state index in [0.717, 1.165) is 5.56 Å². The topological polar surface area (TPSA) is 92.4 Å². The van der Waals surface area contributed by atoms with Crippen LogP contribution in [-0.2, 0) is 16.0 Å². The second-order valence-corrected chi connectivity index (χ2v) is 6.24. The molecule has 0 saturated carbocycles. The van der Waals surface area contributed by atoms with Gasteiger partial charge in [0.15, 0.2) is 0 Å². The van der Waals surface area contributed by atoms with Crippen molar-refractivity contribution in [2.24, 2.45) is 0 Å². The summed E-state index contributed by atoms with van der Waals surface area (Å²) in [6, 6.07) is 13.4. The molecule has 5 nitrogen and oxygen atoms in total. The minimum Gasteiger partial charge on any atom is -0.475 e. The molecule has 28 heavy (non-hydrogen) atoms. The van der Waals surface area contributed by atoms with Crippen LogP contribution in [0.15, 0.2) is 53.4 Å². The number of anilines is 2. The number of halogens is 5. The summed E-state index contributed by atoms with van der Waals surface area (Å²) >= 11 is 0.472. The van der Waals surface area contributed by atoms with E-state index in [2.05, 4.69) is 5.32 Å². The number of nitrogens with two attached hydrogens (primary N) is 1. The molecule has 0 aromatic heterocycles. The van der Waals surface area contributed by atoms with Gasteiger partial charge >= 0.3 is 12.1 Å². The van der Waals surface area contributed by atoms with Crippen molar-refractivity contribution in [1.29, 1.82) is 0 Å². The van der Waals surface area contributed by atoms with Crippen LogP contribution >= 0.6 is 11.8 Å². The second kappa shape index (κ2) is 10.5. The van der Waals surface area contributed by atoms with E-state index in [1.54, 1.807) is 48.5 Å². The molecule has 0 heterocycles. The van der Waals surface area contributed by atoms with Gasteiger partial charge in [-0.15, -0.1) is 0 Å². The maximum atomic E-state index is 12.2. The van der Waals surface area contributed by atoms with E-state index < -0.39 is 17.9 Å². The lowest BCUT2D eigenvalue weighted by molar-refractivity contribution is -0.192. The lowest BCUT2D eigenvalue weighted by Crippen LogP contribution is -2.21. The Morgan fingerprint density at radius 2 is 1.54 bits per heavy atom. The first-order valence-electron chi connectivity index (χ1n) is 7.46. The molecule has 2 aromatic carbocycles. The summed E-state index contributed by atoms with van der Waals surface area (Å²) in [6.45, 7) is 0. The SMILES string of the molecule is Nc1ccc(CC(=O)Nc2ccc(SC(F)F)cc2)cc1.O=C(O)C(F)(F)F. The summed E-state index contributed by atoms with van der Waals surface area (Å²) in [5, 5.41) is 9.84. The Hall–Kier alpha value is -2.82. The number of carboxylic acid groups (broad SMARTS) is 1. The number of carbonyl (C=O) groups excluding carboxylic acids is 1. The molecule has 0 saturated heterocycles. The van der Waals surface area contributed by atoms with Gasteiger partial charge in [-0.3, -0.25) is 4.79 Å². The zero-order chi connectivity index (χ0) is 21.3. The number of nitrogens with one attached hydrogen (secondary N) is 1. The Morgan fingerprint density at radius 3 is 1.96 bits per heavy atom. The van der Waals surface area contributed by atoms with Gasteiger partial charge in [-0.25, -0.2) is 4.79 Å². The van der Waals surface area contributed by atoms with Crippen molar-refractivity contribution >= 4 is 35.0 Å². The van der Waals surface area contributed by atoms with Crippen LogP contribution in [0.2, 0.25) is 0 Å². The van der Waals surface area contributed by atoms with Crippen molar-refractivity contribution in [1.82, 2.24) is 0 Å². The average Bonchev–Trinajstić information content (AvgIpc) is 2.58. The molecular formula is C17H15F5N2O3S. The summed E-state index contributed by atoms with van der Waals surface area (Å²) in [6.07, 6.45) is -4.85. The van der Waals surface area contributed by atoms with Crippen LogP contribution in [-0.4, -0.2) is 28.9 Å². The van der Waals surface area contributed by atoms with E-state index in [1.807, 2.05) is 0 Å². The average molecular weight is 422 g/mol. The van der Waals surface area contributed by atoms with Crippen molar-refractivity contribution in [3.05, 3.63) is 54.1 Å². The number of amides is 1. The number of rotatable bonds is 5. The van der Waals surface area contributed by atoms with E-state index in [4.69, 9.17) is 15.6 Å². The Labute approximate surface area is 160 Å². The lowest BCUT2D eigenvalue weighted by Gasteiger charge is -2.07. The fourth-order valence-electron chi connectivity index (χ4n) is 1.75. The highest BCUT2D eigenvalue weighted by Gasteiger charge is 2.38. The number of alkyl halides is 5. The van der Waals surface area contributed by atoms with E-state index >= 15 is 0 Å². The highest BCUT2D eigenvalue weighted by Crippen LogP contribution is 2.26. The number of carboxylic acids is 1. The molecule has 0 radical (unpaired) electrons. The molecule has 2 aromatic rings. The smallest absolute Gasteiger partial charge is 0.475 e. The van der Waals surface area contributed by atoms with Crippen LogP contribution in [0.1, 0.15) is 5.56 Å². The number of nitrogen functional groups attached to an aromatic ring is 1. The maximum Gasteiger partial charge on any atom is 0.490 e. The minimum atomic E-state index is -5.08. The van der Waals surface area contributed by atoms with Gasteiger partial charge in [0, 0.05) is 16.3 Å². The third kappa shape index (κ3) is 9.21. The van der Waals surface area contributed by atoms with E-state index in [1.165, 1.54) is 0 Å². The number of hydrogen-bond donors (Lipinski definition) is 3. The van der Waals surface area contributed by atoms with Crippen LogP contribution in [0.4, 0.5) is 33.3 Å². The maximum absolute atomic E-state index is 12.2. The van der Waals surface area contributed by atoms with Gasteiger partial charge < -0.3 is 16.2 Å². The molecule has 0 aliphatic heterocycles. The Bertz CT molecular complexity index is 781. The molecule has 0 spiro atoms. The summed E-state index contributed by atoms with van der Waals surface area (Å²) < 4.78 is 56.1. The highest BCUT2D eigenvalue weighted by atomic mass is 32.2. The zero-order valence-corrected chi connectivity index (χ0v) is 14.9. The summed E-state index contributed by atoms with van der Waals surface area (Å²) in [7, 11) is 0. The quantitative estimate of drug-likeness (QED) is 0.377. The van der Waals surface area contributed by atoms with Gasteiger partial charge in [-0.1, -0.05) is 23.9 Å². The minimum absolute atomic E-state index is 0.172. The van der Waals surface area contributed by atoms with Crippen molar-refractivity contribution in [3.63, 3.8) is 0 Å². The third-order valence-electron chi connectivity index (χ3n) is 2.95. The zero-order valence-electron chi connectivity index (χ0n) is 14.0. The van der Waals surface area contributed by atoms with Crippen molar-refractivity contribution in [3.8, 4) is 0 Å². The van der Waals surface area contributed by atoms with Crippen molar-refractivity contribution in [2.45, 2.75) is 23.3 Å². The molecule has 0 aliphatic carbocycles. The van der Waals surface area contributed by atoms with E-state index in [-0.39, 0.29) is 12.3 Å². The fourth-order valence-corrected chi connectivity index (χ4v) is 2.24. The standard InChI is InChI=1S/C15H14F2N2OS.C2HF3O2/c16-15(17)21-13-7-5-12(6-8-13)19-14(20)9-10-1-3-11(18)4-2-10;3-2(4,5)1(6)7/h1-8,15H,9,18H2,(H,19,20);(H,6,7).